The molecule has 0 bridgehead atoms. The van der Waals surface area contributed by atoms with E-state index in [2.05, 4.69) is 4.98 Å². The highest BCUT2D eigenvalue weighted by Gasteiger charge is 2.21. The first-order chi connectivity index (χ1) is 12.3. The molecule has 4 rings (SSSR count). The molecule has 0 atom stereocenters. The second-order valence-electron chi connectivity index (χ2n) is 5.62. The molecule has 0 aliphatic rings. The summed E-state index contributed by atoms with van der Waals surface area (Å²) in [6.45, 7) is 0. The first-order valence-corrected chi connectivity index (χ1v) is 8.04. The fourth-order valence-electron chi connectivity index (χ4n) is 2.71. The molecule has 0 amide bonds. The molecule has 25 heavy (non-hydrogen) atoms. The van der Waals surface area contributed by atoms with E-state index in [4.69, 9.17) is 4.42 Å². The van der Waals surface area contributed by atoms with Gasteiger partial charge in [0, 0.05) is 16.7 Å². The van der Waals surface area contributed by atoms with Crippen LogP contribution in [0.4, 0.5) is 0 Å². The van der Waals surface area contributed by atoms with Gasteiger partial charge in [0.25, 0.3) is 5.89 Å². The van der Waals surface area contributed by atoms with Gasteiger partial charge in [-0.15, -0.1) is 0 Å². The van der Waals surface area contributed by atoms with Crippen molar-refractivity contribution in [3.05, 3.63) is 102 Å². The molecule has 120 valence electrons. The molecule has 0 unspecified atom stereocenters. The number of oxazole rings is 1. The molecule has 1 aromatic heterocycles. The summed E-state index contributed by atoms with van der Waals surface area (Å²) < 4.78 is 5.91. The molecule has 0 fully saturated rings. The number of carbonyl (C=O) groups excluding carboxylic acids is 1. The average molecular weight is 325 g/mol. The van der Waals surface area contributed by atoms with Crippen molar-refractivity contribution in [2.75, 3.05) is 0 Å². The maximum absolute atomic E-state index is 12.7. The van der Waals surface area contributed by atoms with E-state index in [1.165, 1.54) is 0 Å². The monoisotopic (exact) mass is 325 g/mol. The third-order valence-electron chi connectivity index (χ3n) is 3.94. The maximum Gasteiger partial charge on any atom is 0.269 e. The van der Waals surface area contributed by atoms with E-state index in [0.717, 1.165) is 11.1 Å². The molecule has 1 heterocycles. The second kappa shape index (κ2) is 6.57. The molecule has 0 saturated carbocycles. The first-order valence-electron chi connectivity index (χ1n) is 8.04. The summed E-state index contributed by atoms with van der Waals surface area (Å²) in [5.74, 6) is 0.481. The van der Waals surface area contributed by atoms with Crippen LogP contribution >= 0.6 is 0 Å². The van der Waals surface area contributed by atoms with Crippen molar-refractivity contribution in [3.8, 4) is 22.6 Å². The van der Waals surface area contributed by atoms with Gasteiger partial charge in [0.1, 0.15) is 5.69 Å². The van der Waals surface area contributed by atoms with Crippen molar-refractivity contribution in [1.82, 2.24) is 4.98 Å². The topological polar surface area (TPSA) is 43.1 Å². The number of nitrogens with zero attached hydrogens (tertiary/aromatic N) is 1. The number of ketones is 1. The van der Waals surface area contributed by atoms with Gasteiger partial charge in [-0.3, -0.25) is 4.79 Å². The Morgan fingerprint density at radius 2 is 1.20 bits per heavy atom. The summed E-state index contributed by atoms with van der Waals surface area (Å²) >= 11 is 0. The van der Waals surface area contributed by atoms with Gasteiger partial charge in [0.15, 0.2) is 5.76 Å². The summed E-state index contributed by atoms with van der Waals surface area (Å²) in [5, 5.41) is 0. The fourth-order valence-corrected chi connectivity index (χ4v) is 2.71. The second-order valence-corrected chi connectivity index (χ2v) is 5.62. The van der Waals surface area contributed by atoms with Crippen LogP contribution in [0.5, 0.6) is 0 Å². The molecule has 0 saturated heterocycles. The normalized spacial score (nSPS) is 10.6. The molecule has 0 aliphatic carbocycles. The van der Waals surface area contributed by atoms with Gasteiger partial charge in [-0.1, -0.05) is 91.0 Å². The molecule has 0 N–H and O–H groups in total. The predicted molar refractivity (Wildman–Crippen MR) is 97.2 cm³/mol. The smallest absolute Gasteiger partial charge is 0.269 e. The number of carbonyl (C=O) groups is 1. The van der Waals surface area contributed by atoms with Crippen LogP contribution in [0.1, 0.15) is 16.2 Å². The van der Waals surface area contributed by atoms with Crippen LogP contribution in [0.2, 0.25) is 0 Å². The molecule has 0 aliphatic heterocycles. The Balaban J connectivity index is 1.86. The number of rotatable bonds is 4. The molecule has 3 aromatic carbocycles. The van der Waals surface area contributed by atoms with E-state index >= 15 is 0 Å². The largest absolute Gasteiger partial charge is 0.433 e. The molecule has 3 heteroatoms. The zero-order chi connectivity index (χ0) is 17.1. The first kappa shape index (κ1) is 15.1. The summed E-state index contributed by atoms with van der Waals surface area (Å²) in [7, 11) is 0. The fraction of sp³-hybridized carbons (Fsp3) is 0. The van der Waals surface area contributed by atoms with E-state index in [1.54, 1.807) is 12.1 Å². The van der Waals surface area contributed by atoms with Crippen LogP contribution in [0.3, 0.4) is 0 Å². The third-order valence-corrected chi connectivity index (χ3v) is 3.94. The van der Waals surface area contributed by atoms with Crippen LogP contribution < -0.4 is 0 Å². The lowest BCUT2D eigenvalue weighted by atomic mass is 10.1. The summed E-state index contributed by atoms with van der Waals surface area (Å²) in [6.07, 6.45) is 0. The van der Waals surface area contributed by atoms with Gasteiger partial charge in [0.05, 0.1) is 0 Å². The summed E-state index contributed by atoms with van der Waals surface area (Å²) in [5.41, 5.74) is 3.03. The Labute approximate surface area is 145 Å². The van der Waals surface area contributed by atoms with E-state index in [0.29, 0.717) is 17.0 Å². The summed E-state index contributed by atoms with van der Waals surface area (Å²) in [6, 6.07) is 28.5. The number of aromatic nitrogens is 1. The highest BCUT2D eigenvalue weighted by Crippen LogP contribution is 2.33. The molecule has 4 aromatic rings. The number of hydrogen-bond acceptors (Lipinski definition) is 3. The van der Waals surface area contributed by atoms with Crippen molar-refractivity contribution < 1.29 is 9.21 Å². The van der Waals surface area contributed by atoms with Crippen LogP contribution in [0, 0.1) is 0 Å². The number of benzene rings is 3. The Bertz CT molecular complexity index is 933. The Morgan fingerprint density at radius 1 is 0.680 bits per heavy atom. The van der Waals surface area contributed by atoms with E-state index in [-0.39, 0.29) is 11.7 Å². The Morgan fingerprint density at radius 3 is 1.80 bits per heavy atom. The minimum Gasteiger partial charge on any atom is -0.433 e. The maximum atomic E-state index is 12.7. The van der Waals surface area contributed by atoms with Gasteiger partial charge in [-0.2, -0.15) is 0 Å². The average Bonchev–Trinajstić information content (AvgIpc) is 3.15. The zero-order valence-electron chi connectivity index (χ0n) is 13.4. The molecular weight excluding hydrogens is 310 g/mol. The lowest BCUT2D eigenvalue weighted by molar-refractivity contribution is 0.100. The molecule has 0 spiro atoms. The van der Waals surface area contributed by atoms with E-state index in [1.807, 2.05) is 78.9 Å². The van der Waals surface area contributed by atoms with E-state index in [9.17, 15) is 4.79 Å². The van der Waals surface area contributed by atoms with E-state index < -0.39 is 0 Å². The minimum atomic E-state index is -0.222. The lowest BCUT2D eigenvalue weighted by Crippen LogP contribution is -2.01. The van der Waals surface area contributed by atoms with Crippen molar-refractivity contribution in [2.45, 2.75) is 0 Å². The van der Waals surface area contributed by atoms with Gasteiger partial charge in [-0.25, -0.2) is 4.98 Å². The standard InChI is InChI=1S/C22H15NO2/c24-20(17-12-6-2-7-13-17)22-23-19(16-10-4-1-5-11-16)21(25-22)18-14-8-3-9-15-18/h1-15H. The van der Waals surface area contributed by atoms with Gasteiger partial charge >= 0.3 is 0 Å². The highest BCUT2D eigenvalue weighted by atomic mass is 16.4. The van der Waals surface area contributed by atoms with Crippen molar-refractivity contribution in [3.63, 3.8) is 0 Å². The number of hydrogen-bond donors (Lipinski definition) is 0. The molecular formula is C22H15NO2. The summed E-state index contributed by atoms with van der Waals surface area (Å²) in [4.78, 5) is 17.2. The van der Waals surface area contributed by atoms with Crippen molar-refractivity contribution in [2.24, 2.45) is 0 Å². The quantitative estimate of drug-likeness (QED) is 0.482. The van der Waals surface area contributed by atoms with Crippen LogP contribution in [-0.2, 0) is 0 Å². The minimum absolute atomic E-state index is 0.101. The van der Waals surface area contributed by atoms with Gasteiger partial charge < -0.3 is 4.42 Å². The Kier molecular flexibility index (Phi) is 3.97. The lowest BCUT2D eigenvalue weighted by Gasteiger charge is -2.00. The van der Waals surface area contributed by atoms with Crippen LogP contribution in [0.25, 0.3) is 22.6 Å². The third kappa shape index (κ3) is 3.00. The van der Waals surface area contributed by atoms with Crippen LogP contribution in [-0.4, -0.2) is 10.8 Å². The molecule has 0 radical (unpaired) electrons. The van der Waals surface area contributed by atoms with Crippen LogP contribution in [0.15, 0.2) is 95.4 Å². The SMILES string of the molecule is O=C(c1ccccc1)c1nc(-c2ccccc2)c(-c2ccccc2)o1. The highest BCUT2D eigenvalue weighted by molar-refractivity contribution is 6.06. The van der Waals surface area contributed by atoms with Crippen molar-refractivity contribution in [1.29, 1.82) is 0 Å². The predicted octanol–water partition coefficient (Wildman–Crippen LogP) is 5.24. The van der Waals surface area contributed by atoms with Crippen molar-refractivity contribution >= 4 is 5.78 Å². The Hall–Kier alpha value is -3.46. The van der Waals surface area contributed by atoms with Gasteiger partial charge in [-0.05, 0) is 0 Å². The molecule has 3 nitrogen and oxygen atoms in total. The zero-order valence-corrected chi connectivity index (χ0v) is 13.4. The van der Waals surface area contributed by atoms with Gasteiger partial charge in [0.2, 0.25) is 5.78 Å².